The Morgan fingerprint density at radius 1 is 1.11 bits per heavy atom. The van der Waals surface area contributed by atoms with E-state index in [1.54, 1.807) is 42.6 Å². The number of aromatic amines is 1. The smallest absolute Gasteiger partial charge is 0.195 e. The minimum atomic E-state index is -0.0477. The van der Waals surface area contributed by atoms with Gasteiger partial charge in [-0.2, -0.15) is 0 Å². The van der Waals surface area contributed by atoms with Gasteiger partial charge in [0.2, 0.25) is 0 Å². The van der Waals surface area contributed by atoms with Crippen LogP contribution in [-0.4, -0.2) is 10.8 Å². The molecule has 0 fully saturated rings. The number of halogens is 1. The second kappa shape index (κ2) is 4.44. The summed E-state index contributed by atoms with van der Waals surface area (Å²) in [5, 5.41) is 1.44. The van der Waals surface area contributed by atoms with Crippen molar-refractivity contribution >= 4 is 34.0 Å². The van der Waals surface area contributed by atoms with Crippen LogP contribution in [0.1, 0.15) is 15.9 Å². The number of nitrogens with one attached hydrogen (secondary N) is 1. The van der Waals surface area contributed by atoms with E-state index in [0.717, 1.165) is 10.9 Å². The molecule has 0 amide bonds. The fourth-order valence-electron chi connectivity index (χ4n) is 2.07. The number of aromatic nitrogens is 1. The highest BCUT2D eigenvalue weighted by molar-refractivity contribution is 6.31. The Morgan fingerprint density at radius 2 is 1.84 bits per heavy atom. The highest BCUT2D eigenvalue weighted by Gasteiger charge is 2.14. The zero-order valence-electron chi connectivity index (χ0n) is 9.98. The first-order chi connectivity index (χ1) is 9.15. The number of benzene rings is 2. The fourth-order valence-corrected chi connectivity index (χ4v) is 2.24. The van der Waals surface area contributed by atoms with Crippen molar-refractivity contribution in [2.75, 3.05) is 5.73 Å². The first kappa shape index (κ1) is 11.8. The van der Waals surface area contributed by atoms with Crippen LogP contribution in [0.3, 0.4) is 0 Å². The average molecular weight is 271 g/mol. The van der Waals surface area contributed by atoms with E-state index in [4.69, 9.17) is 17.3 Å². The molecule has 0 aliphatic rings. The molecular formula is C15H11ClN2O. The Balaban J connectivity index is 2.11. The van der Waals surface area contributed by atoms with E-state index in [0.29, 0.717) is 21.8 Å². The zero-order valence-corrected chi connectivity index (χ0v) is 10.7. The van der Waals surface area contributed by atoms with Gasteiger partial charge in [0, 0.05) is 38.9 Å². The number of nitrogens with two attached hydrogens (primary N) is 1. The predicted octanol–water partition coefficient (Wildman–Crippen LogP) is 3.63. The number of ketones is 1. The molecule has 4 heteroatoms. The molecule has 3 N–H and O–H groups in total. The number of hydrogen-bond acceptors (Lipinski definition) is 2. The van der Waals surface area contributed by atoms with Crippen molar-refractivity contribution in [2.45, 2.75) is 0 Å². The normalized spacial score (nSPS) is 10.8. The van der Waals surface area contributed by atoms with Crippen LogP contribution in [0.5, 0.6) is 0 Å². The molecule has 0 bridgehead atoms. The van der Waals surface area contributed by atoms with Crippen LogP contribution in [-0.2, 0) is 0 Å². The van der Waals surface area contributed by atoms with Crippen LogP contribution in [0, 0.1) is 0 Å². The molecule has 0 atom stereocenters. The molecule has 19 heavy (non-hydrogen) atoms. The molecule has 3 nitrogen and oxygen atoms in total. The van der Waals surface area contributed by atoms with E-state index >= 15 is 0 Å². The number of anilines is 1. The first-order valence-corrected chi connectivity index (χ1v) is 6.20. The lowest BCUT2D eigenvalue weighted by molar-refractivity contribution is 0.104. The molecular weight excluding hydrogens is 260 g/mol. The van der Waals surface area contributed by atoms with E-state index in [9.17, 15) is 4.79 Å². The van der Waals surface area contributed by atoms with Crippen LogP contribution in [0.25, 0.3) is 10.9 Å². The number of fused-ring (bicyclic) bond motifs is 1. The Hall–Kier alpha value is -2.26. The summed E-state index contributed by atoms with van der Waals surface area (Å²) < 4.78 is 0. The molecule has 3 rings (SSSR count). The third kappa shape index (κ3) is 2.09. The van der Waals surface area contributed by atoms with Crippen molar-refractivity contribution in [3.63, 3.8) is 0 Å². The number of carbonyl (C=O) groups excluding carboxylic acids is 1. The van der Waals surface area contributed by atoms with E-state index in [1.165, 1.54) is 0 Å². The molecule has 2 aromatic carbocycles. The van der Waals surface area contributed by atoms with Gasteiger partial charge in [-0.15, -0.1) is 0 Å². The lowest BCUT2D eigenvalue weighted by atomic mass is 10.0. The molecule has 0 radical (unpaired) electrons. The van der Waals surface area contributed by atoms with Gasteiger partial charge in [0.05, 0.1) is 0 Å². The lowest BCUT2D eigenvalue weighted by Crippen LogP contribution is -2.00. The largest absolute Gasteiger partial charge is 0.399 e. The number of nitrogen functional groups attached to an aromatic ring is 1. The van der Waals surface area contributed by atoms with Crippen LogP contribution in [0.2, 0.25) is 5.02 Å². The molecule has 0 aliphatic heterocycles. The van der Waals surface area contributed by atoms with Crippen molar-refractivity contribution in [1.29, 1.82) is 0 Å². The maximum absolute atomic E-state index is 12.4. The summed E-state index contributed by atoms with van der Waals surface area (Å²) in [4.78, 5) is 15.5. The van der Waals surface area contributed by atoms with Crippen LogP contribution >= 0.6 is 11.6 Å². The van der Waals surface area contributed by atoms with Gasteiger partial charge >= 0.3 is 0 Å². The summed E-state index contributed by atoms with van der Waals surface area (Å²) in [6.45, 7) is 0. The second-order valence-electron chi connectivity index (χ2n) is 4.34. The lowest BCUT2D eigenvalue weighted by Gasteiger charge is -2.01. The highest BCUT2D eigenvalue weighted by atomic mass is 35.5. The number of rotatable bonds is 2. The topological polar surface area (TPSA) is 58.9 Å². The van der Waals surface area contributed by atoms with Crippen molar-refractivity contribution in [3.05, 3.63) is 64.8 Å². The van der Waals surface area contributed by atoms with Gasteiger partial charge in [-0.3, -0.25) is 4.79 Å². The van der Waals surface area contributed by atoms with Crippen molar-refractivity contribution in [2.24, 2.45) is 0 Å². The standard InChI is InChI=1S/C15H11ClN2O/c16-10-3-6-14-12(7-10)13(8-18-14)15(19)9-1-4-11(17)5-2-9/h1-8,18H,17H2. The Morgan fingerprint density at radius 3 is 2.58 bits per heavy atom. The molecule has 0 saturated heterocycles. The zero-order chi connectivity index (χ0) is 13.4. The second-order valence-corrected chi connectivity index (χ2v) is 4.78. The van der Waals surface area contributed by atoms with Gasteiger partial charge in [-0.1, -0.05) is 11.6 Å². The van der Waals surface area contributed by atoms with Crippen LogP contribution in [0.4, 0.5) is 5.69 Å². The van der Waals surface area contributed by atoms with Gasteiger partial charge in [0.15, 0.2) is 5.78 Å². The summed E-state index contributed by atoms with van der Waals surface area (Å²) in [6.07, 6.45) is 1.71. The first-order valence-electron chi connectivity index (χ1n) is 5.82. The summed E-state index contributed by atoms with van der Waals surface area (Å²) >= 11 is 5.98. The van der Waals surface area contributed by atoms with Crippen molar-refractivity contribution < 1.29 is 4.79 Å². The maximum atomic E-state index is 12.4. The minimum Gasteiger partial charge on any atom is -0.399 e. The van der Waals surface area contributed by atoms with Gasteiger partial charge < -0.3 is 10.7 Å². The van der Waals surface area contributed by atoms with E-state index in [2.05, 4.69) is 4.98 Å². The summed E-state index contributed by atoms with van der Waals surface area (Å²) in [5.41, 5.74) is 8.37. The fraction of sp³-hybridized carbons (Fsp3) is 0. The quantitative estimate of drug-likeness (QED) is 0.552. The van der Waals surface area contributed by atoms with E-state index in [1.807, 2.05) is 6.07 Å². The summed E-state index contributed by atoms with van der Waals surface area (Å²) in [7, 11) is 0. The molecule has 0 saturated carbocycles. The molecule has 0 unspecified atom stereocenters. The third-order valence-electron chi connectivity index (χ3n) is 3.06. The van der Waals surface area contributed by atoms with E-state index < -0.39 is 0 Å². The Kier molecular flexibility index (Phi) is 2.76. The highest BCUT2D eigenvalue weighted by Crippen LogP contribution is 2.24. The van der Waals surface area contributed by atoms with Crippen LogP contribution in [0.15, 0.2) is 48.7 Å². The number of hydrogen-bond donors (Lipinski definition) is 2. The summed E-state index contributed by atoms with van der Waals surface area (Å²) in [5.74, 6) is -0.0477. The van der Waals surface area contributed by atoms with Crippen molar-refractivity contribution in [3.8, 4) is 0 Å². The SMILES string of the molecule is Nc1ccc(C(=O)c2c[nH]c3ccc(Cl)cc23)cc1. The molecule has 1 aromatic heterocycles. The monoisotopic (exact) mass is 270 g/mol. The third-order valence-corrected chi connectivity index (χ3v) is 3.30. The van der Waals surface area contributed by atoms with Gasteiger partial charge in [-0.05, 0) is 42.5 Å². The Labute approximate surface area is 115 Å². The van der Waals surface area contributed by atoms with Crippen molar-refractivity contribution in [1.82, 2.24) is 4.98 Å². The van der Waals surface area contributed by atoms with Gasteiger partial charge in [0.25, 0.3) is 0 Å². The van der Waals surface area contributed by atoms with Crippen LogP contribution < -0.4 is 5.73 Å². The molecule has 94 valence electrons. The molecule has 3 aromatic rings. The van der Waals surface area contributed by atoms with Gasteiger partial charge in [-0.25, -0.2) is 0 Å². The van der Waals surface area contributed by atoms with E-state index in [-0.39, 0.29) is 5.78 Å². The Bertz CT molecular complexity index is 759. The molecule has 0 spiro atoms. The minimum absolute atomic E-state index is 0.0477. The van der Waals surface area contributed by atoms with Gasteiger partial charge in [0.1, 0.15) is 0 Å². The molecule has 1 heterocycles. The average Bonchev–Trinajstić information content (AvgIpc) is 2.81. The maximum Gasteiger partial charge on any atom is 0.195 e. The number of carbonyl (C=O) groups is 1. The molecule has 0 aliphatic carbocycles. The summed E-state index contributed by atoms with van der Waals surface area (Å²) in [6, 6.07) is 12.3. The number of H-pyrrole nitrogens is 1. The predicted molar refractivity (Wildman–Crippen MR) is 77.6 cm³/mol.